The number of hydrogen-bond donors (Lipinski definition) is 9. The second-order valence-electron chi connectivity index (χ2n) is 10.7. The minimum atomic E-state index is -1.27. The number of hydrogen-bond acceptors (Lipinski definition) is 9. The van der Waals surface area contributed by atoms with Gasteiger partial charge in [-0.1, -0.05) is 36.4 Å². The van der Waals surface area contributed by atoms with Crippen molar-refractivity contribution in [1.29, 1.82) is 0 Å². The van der Waals surface area contributed by atoms with Crippen molar-refractivity contribution in [3.63, 3.8) is 0 Å². The third-order valence-electron chi connectivity index (χ3n) is 5.99. The van der Waals surface area contributed by atoms with Crippen LogP contribution < -0.4 is 17.2 Å². The van der Waals surface area contributed by atoms with E-state index in [0.717, 1.165) is 16.7 Å². The van der Waals surface area contributed by atoms with Crippen molar-refractivity contribution in [3.05, 3.63) is 89.5 Å². The molecule has 0 aliphatic rings. The van der Waals surface area contributed by atoms with Crippen LogP contribution in [-0.4, -0.2) is 65.2 Å². The van der Waals surface area contributed by atoms with Crippen LogP contribution in [-0.2, 0) is 33.6 Å². The molecule has 3 atom stereocenters. The maximum atomic E-state index is 10.7. The molecule has 0 spiro atoms. The van der Waals surface area contributed by atoms with E-state index in [9.17, 15) is 14.4 Å². The molecule has 0 aromatic heterocycles. The number of phenols is 3. The predicted octanol–water partition coefficient (Wildman–Crippen LogP) is 2.21. The third kappa shape index (κ3) is 12.3. The second-order valence-corrected chi connectivity index (χ2v) is 10.7. The molecular formula is C30H39N3O9. The lowest BCUT2D eigenvalue weighted by atomic mass is 9.94. The summed E-state index contributed by atoms with van der Waals surface area (Å²) < 4.78 is 0. The van der Waals surface area contributed by atoms with Crippen molar-refractivity contribution in [2.24, 2.45) is 17.2 Å². The van der Waals surface area contributed by atoms with E-state index in [0.29, 0.717) is 0 Å². The van der Waals surface area contributed by atoms with Gasteiger partial charge in [0.1, 0.15) is 33.9 Å². The first-order chi connectivity index (χ1) is 19.2. The highest BCUT2D eigenvalue weighted by Crippen LogP contribution is 2.17. The van der Waals surface area contributed by atoms with Gasteiger partial charge in [0.2, 0.25) is 0 Å². The van der Waals surface area contributed by atoms with Crippen LogP contribution in [0, 0.1) is 0 Å². The number of rotatable bonds is 9. The van der Waals surface area contributed by atoms with Crippen molar-refractivity contribution in [2.45, 2.75) is 56.7 Å². The summed E-state index contributed by atoms with van der Waals surface area (Å²) in [5.74, 6) is -2.64. The summed E-state index contributed by atoms with van der Waals surface area (Å²) in [6, 6.07) is 19.0. The number of carboxylic acids is 3. The van der Waals surface area contributed by atoms with Crippen LogP contribution in [0.3, 0.4) is 0 Å². The van der Waals surface area contributed by atoms with Gasteiger partial charge in [-0.3, -0.25) is 14.4 Å². The molecule has 0 saturated heterocycles. The maximum Gasteiger partial charge on any atom is 0.323 e. The number of carboxylic acid groups (broad SMARTS) is 3. The van der Waals surface area contributed by atoms with Crippen molar-refractivity contribution in [3.8, 4) is 17.2 Å². The van der Waals surface area contributed by atoms with Crippen LogP contribution >= 0.6 is 0 Å². The zero-order chi connectivity index (χ0) is 32.3. The molecule has 0 radical (unpaired) electrons. The first-order valence-corrected chi connectivity index (χ1v) is 12.7. The summed E-state index contributed by atoms with van der Waals surface area (Å²) in [6.07, 6.45) is 0.716. The van der Waals surface area contributed by atoms with Gasteiger partial charge in [-0.2, -0.15) is 0 Å². The molecule has 3 aromatic rings. The summed E-state index contributed by atoms with van der Waals surface area (Å²) in [4.78, 5) is 32.2. The average molecular weight is 586 g/mol. The molecule has 3 aromatic carbocycles. The lowest BCUT2D eigenvalue weighted by Crippen LogP contribution is -2.46. The molecule has 3 rings (SSSR count). The summed E-state index contributed by atoms with van der Waals surface area (Å²) in [7, 11) is 0. The van der Waals surface area contributed by atoms with Gasteiger partial charge in [-0.05, 0) is 73.9 Å². The minimum absolute atomic E-state index is 0.155. The summed E-state index contributed by atoms with van der Waals surface area (Å²) in [6.45, 7) is 4.38. The van der Waals surface area contributed by atoms with E-state index in [1.807, 2.05) is 0 Å². The van der Waals surface area contributed by atoms with Crippen molar-refractivity contribution >= 4 is 17.9 Å². The van der Waals surface area contributed by atoms with Crippen molar-refractivity contribution in [1.82, 2.24) is 0 Å². The van der Waals surface area contributed by atoms with Gasteiger partial charge in [0, 0.05) is 19.3 Å². The summed E-state index contributed by atoms with van der Waals surface area (Å²) in [5.41, 5.74) is 15.3. The Hall–Kier alpha value is -4.65. The predicted molar refractivity (Wildman–Crippen MR) is 156 cm³/mol. The van der Waals surface area contributed by atoms with E-state index < -0.39 is 34.5 Å². The van der Waals surface area contributed by atoms with E-state index in [4.69, 9.17) is 47.8 Å². The van der Waals surface area contributed by atoms with Crippen molar-refractivity contribution < 1.29 is 45.0 Å². The SMILES string of the molecule is CC(N)(Cc1ccc(O)cc1)C(=O)O.CC(N)(Cc1ccc(O)cc1)C(=O)O.C[C@@](N)(Cc1ccc(O)cc1)C(=O)O. The van der Waals surface area contributed by atoms with Crippen LogP contribution in [0.15, 0.2) is 72.8 Å². The summed E-state index contributed by atoms with van der Waals surface area (Å²) >= 11 is 0. The molecule has 0 aliphatic heterocycles. The molecule has 12 N–H and O–H groups in total. The van der Waals surface area contributed by atoms with Crippen LogP contribution in [0.25, 0.3) is 0 Å². The molecule has 228 valence electrons. The number of carbonyl (C=O) groups is 3. The molecule has 2 unspecified atom stereocenters. The van der Waals surface area contributed by atoms with E-state index in [2.05, 4.69) is 0 Å². The molecular weight excluding hydrogens is 546 g/mol. The fourth-order valence-electron chi connectivity index (χ4n) is 3.34. The normalized spacial score (nSPS) is 14.7. The Kier molecular flexibility index (Phi) is 12.5. The Labute approximate surface area is 243 Å². The van der Waals surface area contributed by atoms with E-state index in [1.54, 1.807) is 36.4 Å². The minimum Gasteiger partial charge on any atom is -0.508 e. The number of nitrogens with two attached hydrogens (primary N) is 3. The van der Waals surface area contributed by atoms with Gasteiger partial charge >= 0.3 is 17.9 Å². The van der Waals surface area contributed by atoms with Gasteiger partial charge in [-0.15, -0.1) is 0 Å². The fraction of sp³-hybridized carbons (Fsp3) is 0.300. The number of phenolic OH excluding ortho intramolecular Hbond substituents is 3. The lowest BCUT2D eigenvalue weighted by Gasteiger charge is -2.18. The van der Waals surface area contributed by atoms with Gasteiger partial charge in [0.05, 0.1) is 0 Å². The van der Waals surface area contributed by atoms with Crippen LogP contribution in [0.4, 0.5) is 0 Å². The Balaban J connectivity index is 0.000000315. The number of aromatic hydroxyl groups is 3. The zero-order valence-corrected chi connectivity index (χ0v) is 23.7. The van der Waals surface area contributed by atoms with E-state index in [1.165, 1.54) is 57.2 Å². The molecule has 0 fully saturated rings. The summed E-state index contributed by atoms with van der Waals surface area (Å²) in [5, 5.41) is 53.4. The van der Waals surface area contributed by atoms with Gasteiger partial charge < -0.3 is 47.8 Å². The monoisotopic (exact) mass is 585 g/mol. The van der Waals surface area contributed by atoms with Gasteiger partial charge in [0.25, 0.3) is 0 Å². The quantitative estimate of drug-likeness (QED) is 0.175. The molecule has 0 heterocycles. The van der Waals surface area contributed by atoms with Gasteiger partial charge in [0.15, 0.2) is 0 Å². The van der Waals surface area contributed by atoms with Crippen LogP contribution in [0.2, 0.25) is 0 Å². The largest absolute Gasteiger partial charge is 0.508 e. The van der Waals surface area contributed by atoms with Crippen LogP contribution in [0.1, 0.15) is 37.5 Å². The molecule has 0 bridgehead atoms. The standard InChI is InChI=1S/3C10H13NO3/c3*1-10(11,9(13)14)6-7-2-4-8(12)5-3-7/h3*2-5,12H,6,11H2,1H3,(H,13,14)/t10-;;/m1../s1. The fourth-order valence-corrected chi connectivity index (χ4v) is 3.34. The third-order valence-corrected chi connectivity index (χ3v) is 5.99. The first-order valence-electron chi connectivity index (χ1n) is 12.7. The molecule has 12 heteroatoms. The maximum absolute atomic E-state index is 10.7. The molecule has 12 nitrogen and oxygen atoms in total. The molecule has 0 saturated carbocycles. The van der Waals surface area contributed by atoms with E-state index >= 15 is 0 Å². The highest BCUT2D eigenvalue weighted by atomic mass is 16.4. The lowest BCUT2D eigenvalue weighted by molar-refractivity contribution is -0.143. The zero-order valence-electron chi connectivity index (χ0n) is 23.7. The highest BCUT2D eigenvalue weighted by Gasteiger charge is 2.29. The average Bonchev–Trinajstić information content (AvgIpc) is 2.88. The molecule has 42 heavy (non-hydrogen) atoms. The van der Waals surface area contributed by atoms with Gasteiger partial charge in [-0.25, -0.2) is 0 Å². The highest BCUT2D eigenvalue weighted by molar-refractivity contribution is 5.79. The Morgan fingerprint density at radius 2 is 0.643 bits per heavy atom. The van der Waals surface area contributed by atoms with Crippen molar-refractivity contribution in [2.75, 3.05) is 0 Å². The Bertz CT molecular complexity index is 1150. The van der Waals surface area contributed by atoms with E-state index in [-0.39, 0.29) is 36.5 Å². The number of benzene rings is 3. The Morgan fingerprint density at radius 1 is 0.476 bits per heavy atom. The number of aliphatic carboxylic acids is 3. The topological polar surface area (TPSA) is 251 Å². The smallest absolute Gasteiger partial charge is 0.323 e. The Morgan fingerprint density at radius 3 is 0.786 bits per heavy atom. The first kappa shape index (κ1) is 35.4. The van der Waals surface area contributed by atoms with Crippen LogP contribution in [0.5, 0.6) is 17.2 Å². The molecule has 0 aliphatic carbocycles. The molecule has 0 amide bonds. The second kappa shape index (κ2) is 14.8.